The van der Waals surface area contributed by atoms with Crippen LogP contribution in [0.25, 0.3) is 0 Å². The fraction of sp³-hybridized carbons (Fsp3) is 0.619. The van der Waals surface area contributed by atoms with Gasteiger partial charge in [-0.05, 0) is 24.8 Å². The van der Waals surface area contributed by atoms with Gasteiger partial charge in [-0.2, -0.15) is 0 Å². The topological polar surface area (TPSA) is 73.9 Å². The Morgan fingerprint density at radius 2 is 1.61 bits per heavy atom. The molecule has 1 heterocycles. The molecule has 0 unspecified atom stereocenters. The van der Waals surface area contributed by atoms with Gasteiger partial charge in [-0.25, -0.2) is 0 Å². The number of hydrogen-bond acceptors (Lipinski definition) is 5. The van der Waals surface area contributed by atoms with Crippen LogP contribution >= 0.6 is 0 Å². The molecule has 2 fully saturated rings. The zero-order valence-corrected chi connectivity index (χ0v) is 16.8. The minimum Gasteiger partial charge on any atom is -0.383 e. The first kappa shape index (κ1) is 20.8. The molecule has 1 aliphatic carbocycles. The predicted molar refractivity (Wildman–Crippen MR) is 108 cm³/mol. The molecule has 7 nitrogen and oxygen atoms in total. The van der Waals surface area contributed by atoms with Crippen molar-refractivity contribution in [1.29, 1.82) is 0 Å². The van der Waals surface area contributed by atoms with E-state index in [-0.39, 0.29) is 17.4 Å². The Bertz CT molecular complexity index is 640. The number of rotatable bonds is 9. The third-order valence-corrected chi connectivity index (χ3v) is 5.74. The van der Waals surface area contributed by atoms with Crippen LogP contribution in [0.4, 0.5) is 0 Å². The van der Waals surface area contributed by atoms with Crippen LogP contribution in [0.3, 0.4) is 0 Å². The molecule has 3 rings (SSSR count). The molecule has 2 aliphatic rings. The summed E-state index contributed by atoms with van der Waals surface area (Å²) < 4.78 is 4.94. The summed E-state index contributed by atoms with van der Waals surface area (Å²) in [7, 11) is 1.62. The van der Waals surface area contributed by atoms with Crippen molar-refractivity contribution in [3.05, 3.63) is 35.9 Å². The normalized spacial score (nSPS) is 19.6. The average molecular weight is 389 g/mol. The van der Waals surface area contributed by atoms with E-state index >= 15 is 0 Å². The Hall–Kier alpha value is -1.96. The van der Waals surface area contributed by atoms with E-state index in [1.807, 2.05) is 18.2 Å². The quantitative estimate of drug-likeness (QED) is 0.605. The first-order valence-electron chi connectivity index (χ1n) is 10.2. The van der Waals surface area contributed by atoms with Crippen molar-refractivity contribution in [3.63, 3.8) is 0 Å². The van der Waals surface area contributed by atoms with Gasteiger partial charge >= 0.3 is 0 Å². The Balaban J connectivity index is 1.40. The van der Waals surface area contributed by atoms with Gasteiger partial charge in [-0.1, -0.05) is 30.3 Å². The highest BCUT2D eigenvalue weighted by molar-refractivity contribution is 5.79. The van der Waals surface area contributed by atoms with Crippen molar-refractivity contribution in [1.82, 2.24) is 20.4 Å². The molecule has 0 aromatic heterocycles. The molecule has 1 aromatic carbocycles. The molecule has 28 heavy (non-hydrogen) atoms. The summed E-state index contributed by atoms with van der Waals surface area (Å²) in [6.07, 6.45) is 3.17. The number of carbonyl (C=O) groups excluding carboxylic acids is 2. The largest absolute Gasteiger partial charge is 0.383 e. The van der Waals surface area contributed by atoms with Crippen LogP contribution in [0, 0.1) is 0 Å². The summed E-state index contributed by atoms with van der Waals surface area (Å²) in [5.41, 5.74) is 1.03. The SMILES string of the molecule is COCCNC(=O)CN1CCN(CC(=O)NC2(c3ccccc3)CCC2)CC1. The van der Waals surface area contributed by atoms with Gasteiger partial charge in [-0.3, -0.25) is 19.4 Å². The molecule has 0 spiro atoms. The molecule has 0 radical (unpaired) electrons. The van der Waals surface area contributed by atoms with Gasteiger partial charge in [0.15, 0.2) is 0 Å². The summed E-state index contributed by atoms with van der Waals surface area (Å²) in [5, 5.41) is 6.14. The molecule has 1 aromatic rings. The fourth-order valence-corrected chi connectivity index (χ4v) is 3.94. The van der Waals surface area contributed by atoms with Crippen LogP contribution in [-0.2, 0) is 19.9 Å². The number of nitrogens with zero attached hydrogens (tertiary/aromatic N) is 2. The van der Waals surface area contributed by atoms with Crippen LogP contribution in [0.1, 0.15) is 24.8 Å². The van der Waals surface area contributed by atoms with E-state index in [4.69, 9.17) is 4.74 Å². The lowest BCUT2D eigenvalue weighted by molar-refractivity contribution is -0.127. The van der Waals surface area contributed by atoms with E-state index < -0.39 is 0 Å². The van der Waals surface area contributed by atoms with Crippen molar-refractivity contribution in [2.75, 3.05) is 59.5 Å². The third kappa shape index (κ3) is 5.53. The number of nitrogens with one attached hydrogen (secondary N) is 2. The second kappa shape index (κ2) is 10.0. The average Bonchev–Trinajstić information content (AvgIpc) is 2.67. The van der Waals surface area contributed by atoms with Gasteiger partial charge in [0.2, 0.25) is 11.8 Å². The molecule has 154 valence electrons. The highest BCUT2D eigenvalue weighted by atomic mass is 16.5. The zero-order valence-electron chi connectivity index (χ0n) is 16.8. The van der Waals surface area contributed by atoms with Gasteiger partial charge in [0, 0.05) is 39.8 Å². The van der Waals surface area contributed by atoms with Crippen molar-refractivity contribution in [3.8, 4) is 0 Å². The smallest absolute Gasteiger partial charge is 0.234 e. The van der Waals surface area contributed by atoms with E-state index in [0.717, 1.165) is 45.4 Å². The van der Waals surface area contributed by atoms with Gasteiger partial charge in [0.25, 0.3) is 0 Å². The molecule has 1 saturated carbocycles. The lowest BCUT2D eigenvalue weighted by atomic mass is 9.72. The van der Waals surface area contributed by atoms with Crippen molar-refractivity contribution >= 4 is 11.8 Å². The molecular formula is C21H32N4O3. The van der Waals surface area contributed by atoms with E-state index in [9.17, 15) is 9.59 Å². The van der Waals surface area contributed by atoms with E-state index in [1.54, 1.807) is 7.11 Å². The predicted octanol–water partition coefficient (Wildman–Crippen LogP) is 0.562. The molecule has 1 aliphatic heterocycles. The molecule has 0 atom stereocenters. The molecular weight excluding hydrogens is 356 g/mol. The Labute approximate surface area is 167 Å². The number of amides is 2. The molecule has 2 N–H and O–H groups in total. The molecule has 1 saturated heterocycles. The summed E-state index contributed by atoms with van der Waals surface area (Å²) in [6.45, 7) is 5.10. The first-order valence-corrected chi connectivity index (χ1v) is 10.2. The second-order valence-electron chi connectivity index (χ2n) is 7.74. The number of carbonyl (C=O) groups is 2. The van der Waals surface area contributed by atoms with Crippen LogP contribution in [-0.4, -0.2) is 81.1 Å². The number of piperazine rings is 1. The van der Waals surface area contributed by atoms with Crippen LogP contribution in [0.15, 0.2) is 30.3 Å². The van der Waals surface area contributed by atoms with Crippen LogP contribution < -0.4 is 10.6 Å². The Kier molecular flexibility index (Phi) is 7.42. The minimum absolute atomic E-state index is 0.0260. The highest BCUT2D eigenvalue weighted by Gasteiger charge is 2.40. The zero-order chi connectivity index (χ0) is 19.8. The van der Waals surface area contributed by atoms with E-state index in [1.165, 1.54) is 5.56 Å². The summed E-state index contributed by atoms with van der Waals surface area (Å²) in [4.78, 5) is 28.9. The van der Waals surface area contributed by atoms with Crippen molar-refractivity contribution in [2.45, 2.75) is 24.8 Å². The summed E-state index contributed by atoms with van der Waals surface area (Å²) >= 11 is 0. The second-order valence-corrected chi connectivity index (χ2v) is 7.74. The summed E-state index contributed by atoms with van der Waals surface area (Å²) in [5.74, 6) is 0.118. The maximum atomic E-state index is 12.7. The monoisotopic (exact) mass is 388 g/mol. The van der Waals surface area contributed by atoms with E-state index in [0.29, 0.717) is 26.2 Å². The number of ether oxygens (including phenoxy) is 1. The minimum atomic E-state index is -0.180. The van der Waals surface area contributed by atoms with Gasteiger partial charge < -0.3 is 15.4 Å². The summed E-state index contributed by atoms with van der Waals surface area (Å²) in [6, 6.07) is 10.3. The standard InChI is InChI=1S/C21H32N4O3/c1-28-15-10-22-19(26)16-24-11-13-25(14-12-24)17-20(27)23-21(8-5-9-21)18-6-3-2-4-7-18/h2-4,6-7H,5,8-17H2,1H3,(H,22,26)(H,23,27). The van der Waals surface area contributed by atoms with Crippen LogP contribution in [0.2, 0.25) is 0 Å². The Morgan fingerprint density at radius 3 is 2.14 bits per heavy atom. The maximum Gasteiger partial charge on any atom is 0.234 e. The molecule has 2 amide bonds. The van der Waals surface area contributed by atoms with Gasteiger partial charge in [-0.15, -0.1) is 0 Å². The molecule has 7 heteroatoms. The lowest BCUT2D eigenvalue weighted by Gasteiger charge is -2.43. The fourth-order valence-electron chi connectivity index (χ4n) is 3.94. The third-order valence-electron chi connectivity index (χ3n) is 5.74. The Morgan fingerprint density at radius 1 is 1.00 bits per heavy atom. The van der Waals surface area contributed by atoms with Crippen molar-refractivity contribution in [2.24, 2.45) is 0 Å². The lowest BCUT2D eigenvalue weighted by Crippen LogP contribution is -2.55. The van der Waals surface area contributed by atoms with Gasteiger partial charge in [0.05, 0.1) is 25.2 Å². The highest BCUT2D eigenvalue weighted by Crippen LogP contribution is 2.41. The maximum absolute atomic E-state index is 12.7. The molecule has 0 bridgehead atoms. The number of hydrogen-bond donors (Lipinski definition) is 2. The first-order chi connectivity index (χ1) is 13.6. The van der Waals surface area contributed by atoms with Gasteiger partial charge in [0.1, 0.15) is 0 Å². The number of benzene rings is 1. The van der Waals surface area contributed by atoms with Crippen LogP contribution in [0.5, 0.6) is 0 Å². The van der Waals surface area contributed by atoms with E-state index in [2.05, 4.69) is 32.6 Å². The number of methoxy groups -OCH3 is 1. The van der Waals surface area contributed by atoms with Crippen molar-refractivity contribution < 1.29 is 14.3 Å².